The minimum atomic E-state index is -0.316. The SMILES string of the molecule is O=C(NCC1CC1)[C@]12CCO[C@H]1CCN(Cc1ccsc1)C2. The molecule has 1 saturated carbocycles. The zero-order chi connectivity index (χ0) is 15.0. The van der Waals surface area contributed by atoms with E-state index in [-0.39, 0.29) is 17.4 Å². The molecule has 2 saturated heterocycles. The first-order valence-electron chi connectivity index (χ1n) is 8.40. The maximum absolute atomic E-state index is 12.9. The summed E-state index contributed by atoms with van der Waals surface area (Å²) in [5.41, 5.74) is 1.04. The number of thiophene rings is 1. The van der Waals surface area contributed by atoms with Gasteiger partial charge in [0.25, 0.3) is 0 Å². The van der Waals surface area contributed by atoms with Crippen LogP contribution in [0.3, 0.4) is 0 Å². The van der Waals surface area contributed by atoms with Gasteiger partial charge in [0.15, 0.2) is 0 Å². The van der Waals surface area contributed by atoms with Crippen molar-refractivity contribution < 1.29 is 9.53 Å². The molecule has 1 N–H and O–H groups in total. The molecular weight excluding hydrogens is 296 g/mol. The molecule has 4 nitrogen and oxygen atoms in total. The predicted octanol–water partition coefficient (Wildman–Crippen LogP) is 2.26. The summed E-state index contributed by atoms with van der Waals surface area (Å²) in [5.74, 6) is 0.962. The first-order valence-corrected chi connectivity index (χ1v) is 9.34. The summed E-state index contributed by atoms with van der Waals surface area (Å²) >= 11 is 1.74. The Morgan fingerprint density at radius 2 is 2.36 bits per heavy atom. The molecule has 2 atom stereocenters. The first-order chi connectivity index (χ1) is 10.8. The number of piperidine rings is 1. The average Bonchev–Trinajstić information content (AvgIpc) is 3.03. The molecule has 0 radical (unpaired) electrons. The Morgan fingerprint density at radius 1 is 1.45 bits per heavy atom. The quantitative estimate of drug-likeness (QED) is 0.905. The molecule has 3 aliphatic rings. The fraction of sp³-hybridized carbons (Fsp3) is 0.706. The normalized spacial score (nSPS) is 31.9. The summed E-state index contributed by atoms with van der Waals surface area (Å²) in [6.07, 6.45) is 4.51. The van der Waals surface area contributed by atoms with Crippen LogP contribution in [0.25, 0.3) is 0 Å². The van der Waals surface area contributed by atoms with E-state index in [1.54, 1.807) is 11.3 Å². The molecule has 1 aliphatic carbocycles. The lowest BCUT2D eigenvalue weighted by molar-refractivity contribution is -0.139. The van der Waals surface area contributed by atoms with Crippen molar-refractivity contribution in [2.45, 2.75) is 38.3 Å². The van der Waals surface area contributed by atoms with E-state index in [4.69, 9.17) is 4.74 Å². The Balaban J connectivity index is 1.45. The maximum Gasteiger partial charge on any atom is 0.230 e. The highest BCUT2D eigenvalue weighted by Gasteiger charge is 2.53. The second-order valence-electron chi connectivity index (χ2n) is 7.05. The van der Waals surface area contributed by atoms with Crippen molar-refractivity contribution >= 4 is 17.2 Å². The van der Waals surface area contributed by atoms with Crippen molar-refractivity contribution in [3.05, 3.63) is 22.4 Å². The van der Waals surface area contributed by atoms with Gasteiger partial charge in [0.2, 0.25) is 5.91 Å². The van der Waals surface area contributed by atoms with E-state index in [2.05, 4.69) is 27.0 Å². The second kappa shape index (κ2) is 5.95. The predicted molar refractivity (Wildman–Crippen MR) is 86.7 cm³/mol. The lowest BCUT2D eigenvalue weighted by Gasteiger charge is -2.42. The van der Waals surface area contributed by atoms with E-state index in [1.807, 2.05) is 0 Å². The molecule has 0 aromatic carbocycles. The fourth-order valence-corrected chi connectivity index (χ4v) is 4.52. The smallest absolute Gasteiger partial charge is 0.230 e. The van der Waals surface area contributed by atoms with Crippen molar-refractivity contribution in [1.82, 2.24) is 10.2 Å². The topological polar surface area (TPSA) is 41.6 Å². The summed E-state index contributed by atoms with van der Waals surface area (Å²) in [4.78, 5) is 15.3. The number of amides is 1. The molecule has 5 heteroatoms. The van der Waals surface area contributed by atoms with Gasteiger partial charge < -0.3 is 10.1 Å². The van der Waals surface area contributed by atoms with Gasteiger partial charge in [-0.1, -0.05) is 0 Å². The van der Waals surface area contributed by atoms with Crippen LogP contribution in [-0.4, -0.2) is 43.2 Å². The van der Waals surface area contributed by atoms with Gasteiger partial charge in [-0.15, -0.1) is 0 Å². The van der Waals surface area contributed by atoms with Crippen molar-refractivity contribution in [2.24, 2.45) is 11.3 Å². The first kappa shape index (κ1) is 14.7. The largest absolute Gasteiger partial charge is 0.377 e. The number of ether oxygens (including phenoxy) is 1. The Morgan fingerprint density at radius 3 is 3.14 bits per heavy atom. The molecule has 0 unspecified atom stereocenters. The summed E-state index contributed by atoms with van der Waals surface area (Å²) in [6, 6.07) is 2.18. The summed E-state index contributed by atoms with van der Waals surface area (Å²) in [6.45, 7) is 4.40. The monoisotopic (exact) mass is 320 g/mol. The highest BCUT2D eigenvalue weighted by molar-refractivity contribution is 7.07. The van der Waals surface area contributed by atoms with Crippen LogP contribution in [0.4, 0.5) is 0 Å². The second-order valence-corrected chi connectivity index (χ2v) is 7.83. The number of carbonyl (C=O) groups is 1. The van der Waals surface area contributed by atoms with Crippen molar-refractivity contribution in [1.29, 1.82) is 0 Å². The van der Waals surface area contributed by atoms with E-state index < -0.39 is 0 Å². The van der Waals surface area contributed by atoms with E-state index in [1.165, 1.54) is 18.4 Å². The van der Waals surface area contributed by atoms with Gasteiger partial charge >= 0.3 is 0 Å². The van der Waals surface area contributed by atoms with Crippen molar-refractivity contribution in [2.75, 3.05) is 26.2 Å². The molecular formula is C17H24N2O2S. The Labute approximate surface area is 135 Å². The van der Waals surface area contributed by atoms with Crippen LogP contribution in [-0.2, 0) is 16.1 Å². The van der Waals surface area contributed by atoms with Crippen molar-refractivity contribution in [3.8, 4) is 0 Å². The number of likely N-dealkylation sites (tertiary alicyclic amines) is 1. The van der Waals surface area contributed by atoms with E-state index in [9.17, 15) is 4.79 Å². The van der Waals surface area contributed by atoms with E-state index >= 15 is 0 Å². The highest BCUT2D eigenvalue weighted by atomic mass is 32.1. The number of nitrogens with one attached hydrogen (secondary N) is 1. The van der Waals surface area contributed by atoms with Crippen LogP contribution in [0.5, 0.6) is 0 Å². The molecule has 1 aromatic heterocycles. The summed E-state index contributed by atoms with van der Waals surface area (Å²) in [5, 5.41) is 7.54. The zero-order valence-corrected chi connectivity index (χ0v) is 13.7. The maximum atomic E-state index is 12.9. The molecule has 1 amide bonds. The van der Waals surface area contributed by atoms with E-state index in [0.717, 1.165) is 51.5 Å². The van der Waals surface area contributed by atoms with Crippen LogP contribution in [0.1, 0.15) is 31.2 Å². The molecule has 3 heterocycles. The molecule has 2 aliphatic heterocycles. The molecule has 0 bridgehead atoms. The standard InChI is InChI=1S/C17H24N2O2S/c20-16(18-9-13-1-2-13)17-5-7-21-15(17)3-6-19(12-17)10-14-4-8-22-11-14/h4,8,11,13,15H,1-3,5-7,9-10,12H2,(H,18,20)/t15-,17-/m0/s1. The fourth-order valence-electron chi connectivity index (χ4n) is 3.86. The van der Waals surface area contributed by atoms with Gasteiger partial charge in [0.05, 0.1) is 11.5 Å². The number of hydrogen-bond acceptors (Lipinski definition) is 4. The zero-order valence-electron chi connectivity index (χ0n) is 12.9. The molecule has 0 spiro atoms. The van der Waals surface area contributed by atoms with Crippen LogP contribution >= 0.6 is 11.3 Å². The third-order valence-corrected chi connectivity index (χ3v) is 6.12. The minimum Gasteiger partial charge on any atom is -0.377 e. The number of nitrogens with zero attached hydrogens (tertiary/aromatic N) is 1. The van der Waals surface area contributed by atoms with Gasteiger partial charge in [-0.2, -0.15) is 11.3 Å². The van der Waals surface area contributed by atoms with Crippen LogP contribution in [0, 0.1) is 11.3 Å². The van der Waals surface area contributed by atoms with Crippen LogP contribution in [0.15, 0.2) is 16.8 Å². The van der Waals surface area contributed by atoms with Crippen LogP contribution < -0.4 is 5.32 Å². The van der Waals surface area contributed by atoms with Gasteiger partial charge in [-0.3, -0.25) is 9.69 Å². The lowest BCUT2D eigenvalue weighted by atomic mass is 9.75. The number of rotatable bonds is 5. The molecule has 120 valence electrons. The minimum absolute atomic E-state index is 0.116. The number of carbonyl (C=O) groups excluding carboxylic acids is 1. The molecule has 22 heavy (non-hydrogen) atoms. The Hall–Kier alpha value is -0.910. The number of hydrogen-bond donors (Lipinski definition) is 1. The third kappa shape index (κ3) is 2.82. The van der Waals surface area contributed by atoms with E-state index in [0.29, 0.717) is 0 Å². The molecule has 4 rings (SSSR count). The summed E-state index contributed by atoms with van der Waals surface area (Å²) < 4.78 is 5.90. The number of fused-ring (bicyclic) bond motifs is 1. The van der Waals surface area contributed by atoms with Crippen molar-refractivity contribution in [3.63, 3.8) is 0 Å². The third-order valence-electron chi connectivity index (χ3n) is 5.38. The highest BCUT2D eigenvalue weighted by Crippen LogP contribution is 2.41. The van der Waals surface area contributed by atoms with Gasteiger partial charge in [0.1, 0.15) is 0 Å². The Bertz CT molecular complexity index is 529. The summed E-state index contributed by atoms with van der Waals surface area (Å²) in [7, 11) is 0. The van der Waals surface area contributed by atoms with Crippen LogP contribution in [0.2, 0.25) is 0 Å². The van der Waals surface area contributed by atoms with Gasteiger partial charge in [-0.05, 0) is 54.0 Å². The van der Waals surface area contributed by atoms with Gasteiger partial charge in [-0.25, -0.2) is 0 Å². The average molecular weight is 320 g/mol. The molecule has 3 fully saturated rings. The molecule has 1 aromatic rings. The van der Waals surface area contributed by atoms with Gasteiger partial charge in [0, 0.05) is 32.8 Å². The lowest BCUT2D eigenvalue weighted by Crippen LogP contribution is -2.57. The Kier molecular flexibility index (Phi) is 3.96.